The smallest absolute Gasteiger partial charge is 0.226 e. The third-order valence-electron chi connectivity index (χ3n) is 3.92. The number of aromatic nitrogens is 2. The molecule has 0 fully saturated rings. The van der Waals surface area contributed by atoms with Crippen LogP contribution in [0.2, 0.25) is 0 Å². The molecule has 1 aliphatic rings. The first-order chi connectivity index (χ1) is 11.1. The van der Waals surface area contributed by atoms with E-state index in [1.807, 2.05) is 13.8 Å². The Balaban J connectivity index is 1.85. The number of carbonyl (C=O) groups is 2. The second kappa shape index (κ2) is 6.24. The van der Waals surface area contributed by atoms with Gasteiger partial charge >= 0.3 is 0 Å². The molecular weight excluding hydrogens is 294 g/mol. The number of hydrogen-bond acceptors (Lipinski definition) is 4. The van der Waals surface area contributed by atoms with Crippen molar-refractivity contribution in [1.82, 2.24) is 10.2 Å². The van der Waals surface area contributed by atoms with Crippen molar-refractivity contribution in [2.45, 2.75) is 32.6 Å². The lowest BCUT2D eigenvalue weighted by Gasteiger charge is -2.21. The number of Topliss-reactive ketones (excluding diaryl/α,β-unsaturated/α-hetero) is 1. The first-order valence-electron chi connectivity index (χ1n) is 7.72. The highest BCUT2D eigenvalue weighted by molar-refractivity contribution is 6.07. The Bertz CT molecular complexity index is 734. The fourth-order valence-electron chi connectivity index (χ4n) is 2.79. The first-order valence-corrected chi connectivity index (χ1v) is 7.72. The van der Waals surface area contributed by atoms with Gasteiger partial charge in [-0.15, -0.1) is 0 Å². The molecule has 0 spiro atoms. The molecular formula is C17H19N3O3. The van der Waals surface area contributed by atoms with Crippen molar-refractivity contribution in [3.63, 3.8) is 0 Å². The molecule has 1 aliphatic heterocycles. The molecule has 120 valence electrons. The summed E-state index contributed by atoms with van der Waals surface area (Å²) in [6.45, 7) is 4.54. The van der Waals surface area contributed by atoms with Crippen molar-refractivity contribution >= 4 is 17.5 Å². The number of rotatable bonds is 5. The van der Waals surface area contributed by atoms with Crippen LogP contribution in [0, 0.1) is 6.92 Å². The zero-order valence-electron chi connectivity index (χ0n) is 13.2. The van der Waals surface area contributed by atoms with E-state index in [-0.39, 0.29) is 18.1 Å². The topological polar surface area (TPSA) is 84.1 Å². The summed E-state index contributed by atoms with van der Waals surface area (Å²) in [5.41, 5.74) is 2.15. The predicted octanol–water partition coefficient (Wildman–Crippen LogP) is 2.82. The average molecular weight is 313 g/mol. The van der Waals surface area contributed by atoms with E-state index in [2.05, 4.69) is 15.5 Å². The number of aryl methyl sites for hydroxylation is 1. The monoisotopic (exact) mass is 313 g/mol. The van der Waals surface area contributed by atoms with Crippen molar-refractivity contribution in [2.24, 2.45) is 0 Å². The minimum atomic E-state index is -0.500. The van der Waals surface area contributed by atoms with Crippen LogP contribution in [0.1, 0.15) is 47.3 Å². The number of hydrogen-bond donors (Lipinski definition) is 2. The highest BCUT2D eigenvalue weighted by Gasteiger charge is 2.34. The van der Waals surface area contributed by atoms with Crippen LogP contribution in [-0.2, 0) is 4.79 Å². The molecule has 6 nitrogen and oxygen atoms in total. The lowest BCUT2D eigenvalue weighted by molar-refractivity contribution is -0.116. The summed E-state index contributed by atoms with van der Waals surface area (Å²) in [7, 11) is 0. The van der Waals surface area contributed by atoms with Gasteiger partial charge in [-0.05, 0) is 37.6 Å². The van der Waals surface area contributed by atoms with Gasteiger partial charge in [-0.3, -0.25) is 14.7 Å². The van der Waals surface area contributed by atoms with Crippen LogP contribution in [0.25, 0.3) is 0 Å². The number of ether oxygens (including phenoxy) is 1. The number of amides is 1. The van der Waals surface area contributed by atoms with Gasteiger partial charge in [0.1, 0.15) is 5.75 Å². The first kappa shape index (κ1) is 15.3. The molecule has 6 heteroatoms. The Morgan fingerprint density at radius 2 is 2.09 bits per heavy atom. The van der Waals surface area contributed by atoms with Crippen molar-refractivity contribution in [3.05, 3.63) is 41.1 Å². The van der Waals surface area contributed by atoms with Crippen LogP contribution >= 0.6 is 0 Å². The van der Waals surface area contributed by atoms with E-state index in [9.17, 15) is 9.59 Å². The number of aromatic amines is 1. The summed E-state index contributed by atoms with van der Waals surface area (Å²) < 4.78 is 5.52. The van der Waals surface area contributed by atoms with Crippen LogP contribution in [0.15, 0.2) is 24.3 Å². The van der Waals surface area contributed by atoms with Crippen molar-refractivity contribution < 1.29 is 14.3 Å². The SMILES string of the molecule is CCCOc1ccc(C(=O)C2CC(=O)Nc3n[nH]c(C)c32)cc1. The molecule has 1 amide bonds. The molecule has 2 N–H and O–H groups in total. The number of benzene rings is 1. The molecule has 0 saturated heterocycles. The third kappa shape index (κ3) is 2.97. The Morgan fingerprint density at radius 1 is 1.35 bits per heavy atom. The van der Waals surface area contributed by atoms with E-state index >= 15 is 0 Å². The molecule has 1 unspecified atom stereocenters. The Hall–Kier alpha value is -2.63. The van der Waals surface area contributed by atoms with Gasteiger partial charge in [0.25, 0.3) is 0 Å². The number of fused-ring (bicyclic) bond motifs is 1. The summed E-state index contributed by atoms with van der Waals surface area (Å²) in [5.74, 6) is 0.433. The molecule has 2 aromatic rings. The fourth-order valence-corrected chi connectivity index (χ4v) is 2.79. The number of H-pyrrole nitrogens is 1. The molecule has 0 bridgehead atoms. The van der Waals surface area contributed by atoms with Gasteiger partial charge < -0.3 is 10.1 Å². The molecule has 1 atom stereocenters. The van der Waals surface area contributed by atoms with E-state index < -0.39 is 5.92 Å². The molecule has 23 heavy (non-hydrogen) atoms. The summed E-state index contributed by atoms with van der Waals surface area (Å²) >= 11 is 0. The Morgan fingerprint density at radius 3 is 2.78 bits per heavy atom. The van der Waals surface area contributed by atoms with Gasteiger partial charge in [0.15, 0.2) is 11.6 Å². The summed E-state index contributed by atoms with van der Waals surface area (Å²) in [5, 5.41) is 9.58. The zero-order chi connectivity index (χ0) is 16.4. The number of ketones is 1. The van der Waals surface area contributed by atoms with E-state index in [1.54, 1.807) is 24.3 Å². The van der Waals surface area contributed by atoms with Crippen LogP contribution in [0.3, 0.4) is 0 Å². The highest BCUT2D eigenvalue weighted by atomic mass is 16.5. The van der Waals surface area contributed by atoms with Gasteiger partial charge in [0.05, 0.1) is 12.5 Å². The Kier molecular flexibility index (Phi) is 4.14. The quantitative estimate of drug-likeness (QED) is 0.831. The molecule has 2 heterocycles. The van der Waals surface area contributed by atoms with Crippen molar-refractivity contribution in [3.8, 4) is 5.75 Å². The lowest BCUT2D eigenvalue weighted by atomic mass is 9.85. The lowest BCUT2D eigenvalue weighted by Crippen LogP contribution is -2.27. The van der Waals surface area contributed by atoms with Gasteiger partial charge in [0.2, 0.25) is 5.91 Å². The van der Waals surface area contributed by atoms with Gasteiger partial charge in [-0.1, -0.05) is 6.92 Å². The molecule has 0 radical (unpaired) electrons. The summed E-state index contributed by atoms with van der Waals surface area (Å²) in [6.07, 6.45) is 1.07. The van der Waals surface area contributed by atoms with Gasteiger partial charge in [-0.25, -0.2) is 0 Å². The van der Waals surface area contributed by atoms with Gasteiger partial charge in [-0.2, -0.15) is 5.10 Å². The van der Waals surface area contributed by atoms with Gasteiger partial charge in [0, 0.05) is 23.2 Å². The number of nitrogens with zero attached hydrogens (tertiary/aromatic N) is 1. The third-order valence-corrected chi connectivity index (χ3v) is 3.92. The highest BCUT2D eigenvalue weighted by Crippen LogP contribution is 2.35. The average Bonchev–Trinajstić information content (AvgIpc) is 2.93. The fraction of sp³-hybridized carbons (Fsp3) is 0.353. The molecule has 3 rings (SSSR count). The van der Waals surface area contributed by atoms with Crippen molar-refractivity contribution in [2.75, 3.05) is 11.9 Å². The molecule has 1 aromatic heterocycles. The maximum Gasteiger partial charge on any atom is 0.226 e. The normalized spacial score (nSPS) is 16.6. The number of carbonyl (C=O) groups excluding carboxylic acids is 2. The van der Waals surface area contributed by atoms with Crippen LogP contribution in [0.4, 0.5) is 5.82 Å². The Labute approximate surface area is 134 Å². The standard InChI is InChI=1S/C17H19N3O3/c1-3-8-23-12-6-4-11(5-7-12)16(22)13-9-14(21)18-17-15(13)10(2)19-20-17/h4-7,13H,3,8-9H2,1-2H3,(H2,18,19,20,21). The molecule has 0 aliphatic carbocycles. The van der Waals surface area contributed by atoms with E-state index in [0.29, 0.717) is 18.0 Å². The number of nitrogens with one attached hydrogen (secondary N) is 2. The van der Waals surface area contributed by atoms with Crippen LogP contribution in [-0.4, -0.2) is 28.5 Å². The zero-order valence-corrected chi connectivity index (χ0v) is 13.2. The molecule has 0 saturated carbocycles. The summed E-state index contributed by atoms with van der Waals surface area (Å²) in [4.78, 5) is 24.6. The van der Waals surface area contributed by atoms with Crippen LogP contribution in [0.5, 0.6) is 5.75 Å². The second-order valence-electron chi connectivity index (χ2n) is 5.65. The van der Waals surface area contributed by atoms with E-state index in [4.69, 9.17) is 4.74 Å². The predicted molar refractivity (Wildman–Crippen MR) is 85.9 cm³/mol. The summed E-state index contributed by atoms with van der Waals surface area (Å²) in [6, 6.07) is 7.06. The number of anilines is 1. The second-order valence-corrected chi connectivity index (χ2v) is 5.65. The minimum Gasteiger partial charge on any atom is -0.494 e. The largest absolute Gasteiger partial charge is 0.494 e. The van der Waals surface area contributed by atoms with Crippen molar-refractivity contribution in [1.29, 1.82) is 0 Å². The maximum absolute atomic E-state index is 12.8. The van der Waals surface area contributed by atoms with E-state index in [0.717, 1.165) is 23.4 Å². The van der Waals surface area contributed by atoms with E-state index in [1.165, 1.54) is 0 Å². The maximum atomic E-state index is 12.8. The molecule has 1 aromatic carbocycles. The minimum absolute atomic E-state index is 0.0763. The van der Waals surface area contributed by atoms with Crippen LogP contribution < -0.4 is 10.1 Å².